The van der Waals surface area contributed by atoms with Gasteiger partial charge in [0.1, 0.15) is 5.75 Å². The Labute approximate surface area is 182 Å². The van der Waals surface area contributed by atoms with Gasteiger partial charge in [-0.1, -0.05) is 24.6 Å². The molecule has 31 heavy (non-hydrogen) atoms. The van der Waals surface area contributed by atoms with Crippen LogP contribution in [-0.4, -0.2) is 51.3 Å². The first-order valence-corrected chi connectivity index (χ1v) is 11.6. The summed E-state index contributed by atoms with van der Waals surface area (Å²) in [6, 6.07) is 12.9. The van der Waals surface area contributed by atoms with Crippen LogP contribution in [0.3, 0.4) is 0 Å². The van der Waals surface area contributed by atoms with E-state index in [1.165, 1.54) is 28.4 Å². The van der Waals surface area contributed by atoms with Crippen molar-refractivity contribution in [2.24, 2.45) is 5.73 Å². The predicted molar refractivity (Wildman–Crippen MR) is 118 cm³/mol. The van der Waals surface area contributed by atoms with E-state index in [1.807, 2.05) is 0 Å². The van der Waals surface area contributed by atoms with Crippen molar-refractivity contribution in [2.75, 3.05) is 31.6 Å². The van der Waals surface area contributed by atoms with Crippen molar-refractivity contribution >= 4 is 27.5 Å². The Balaban J connectivity index is 1.96. The van der Waals surface area contributed by atoms with E-state index in [0.29, 0.717) is 24.5 Å². The smallest absolute Gasteiger partial charge is 0.258 e. The van der Waals surface area contributed by atoms with Gasteiger partial charge in [-0.05, 0) is 43.2 Å². The summed E-state index contributed by atoms with van der Waals surface area (Å²) in [7, 11) is -2.20. The number of amides is 2. The maximum atomic E-state index is 13.4. The van der Waals surface area contributed by atoms with Crippen LogP contribution in [0.1, 0.15) is 36.0 Å². The van der Waals surface area contributed by atoms with Gasteiger partial charge in [0, 0.05) is 31.6 Å². The lowest BCUT2D eigenvalue weighted by molar-refractivity contribution is -0.117. The Hall–Kier alpha value is -2.91. The van der Waals surface area contributed by atoms with Crippen molar-refractivity contribution in [3.63, 3.8) is 0 Å². The minimum atomic E-state index is -3.68. The summed E-state index contributed by atoms with van der Waals surface area (Å²) in [5, 5.41) is 0. The average molecular weight is 446 g/mol. The van der Waals surface area contributed by atoms with Gasteiger partial charge in [-0.15, -0.1) is 0 Å². The highest BCUT2D eigenvalue weighted by Crippen LogP contribution is 2.30. The fraction of sp³-hybridized carbons (Fsp3) is 0.364. The Morgan fingerprint density at radius 2 is 1.77 bits per heavy atom. The number of rotatable bonds is 8. The van der Waals surface area contributed by atoms with Gasteiger partial charge in [0.25, 0.3) is 5.91 Å². The molecule has 0 aromatic heterocycles. The molecule has 1 heterocycles. The number of methoxy groups -OCH3 is 1. The molecule has 0 spiro atoms. The number of carbonyl (C=O) groups excluding carboxylic acids is 2. The van der Waals surface area contributed by atoms with Gasteiger partial charge in [0.15, 0.2) is 0 Å². The van der Waals surface area contributed by atoms with E-state index in [0.717, 1.165) is 19.3 Å². The Bertz CT molecular complexity index is 1050. The summed E-state index contributed by atoms with van der Waals surface area (Å²) in [6.45, 7) is 0.997. The molecule has 0 saturated carbocycles. The normalized spacial score (nSPS) is 14.7. The van der Waals surface area contributed by atoms with E-state index in [9.17, 15) is 18.0 Å². The summed E-state index contributed by atoms with van der Waals surface area (Å²) < 4.78 is 32.9. The zero-order chi connectivity index (χ0) is 22.4. The predicted octanol–water partition coefficient (Wildman–Crippen LogP) is 2.39. The summed E-state index contributed by atoms with van der Waals surface area (Å²) in [6.07, 6.45) is 2.62. The van der Waals surface area contributed by atoms with E-state index >= 15 is 0 Å². The zero-order valence-corrected chi connectivity index (χ0v) is 18.3. The molecule has 1 saturated heterocycles. The molecule has 0 radical (unpaired) electrons. The van der Waals surface area contributed by atoms with Crippen LogP contribution in [0.15, 0.2) is 53.4 Å². The zero-order valence-electron chi connectivity index (χ0n) is 17.5. The number of piperidine rings is 1. The molecule has 1 aliphatic rings. The Morgan fingerprint density at radius 1 is 1.06 bits per heavy atom. The first kappa shape index (κ1) is 22.8. The van der Waals surface area contributed by atoms with E-state index in [2.05, 4.69) is 0 Å². The van der Waals surface area contributed by atoms with Gasteiger partial charge in [-0.3, -0.25) is 9.59 Å². The monoisotopic (exact) mass is 445 g/mol. The molecule has 2 amide bonds. The van der Waals surface area contributed by atoms with Crippen LogP contribution in [0.4, 0.5) is 5.69 Å². The Kier molecular flexibility index (Phi) is 7.29. The SMILES string of the molecule is COc1ccccc1N(CCC(N)=O)C(=O)c1cccc(S(=O)(=O)N2CCCCC2)c1. The summed E-state index contributed by atoms with van der Waals surface area (Å²) in [4.78, 5) is 26.2. The Morgan fingerprint density at radius 3 is 2.45 bits per heavy atom. The van der Waals surface area contributed by atoms with Gasteiger partial charge in [0.05, 0.1) is 17.7 Å². The molecule has 0 unspecified atom stereocenters. The van der Waals surface area contributed by atoms with Crippen LogP contribution in [0.2, 0.25) is 0 Å². The van der Waals surface area contributed by atoms with Crippen LogP contribution in [0.5, 0.6) is 5.75 Å². The molecule has 2 aromatic rings. The number of para-hydroxylation sites is 2. The van der Waals surface area contributed by atoms with E-state index in [-0.39, 0.29) is 23.4 Å². The molecule has 1 aliphatic heterocycles. The van der Waals surface area contributed by atoms with Crippen LogP contribution < -0.4 is 15.4 Å². The standard InChI is InChI=1S/C22H27N3O5S/c1-30-20-11-4-3-10-19(20)25(15-12-21(23)26)22(27)17-8-7-9-18(16-17)31(28,29)24-13-5-2-6-14-24/h3-4,7-11,16H,2,5-6,12-15H2,1H3,(H2,23,26). The highest BCUT2D eigenvalue weighted by Gasteiger charge is 2.28. The molecular weight excluding hydrogens is 418 g/mol. The maximum absolute atomic E-state index is 13.4. The van der Waals surface area contributed by atoms with Gasteiger partial charge < -0.3 is 15.4 Å². The molecule has 9 heteroatoms. The topological polar surface area (TPSA) is 110 Å². The second-order valence-corrected chi connectivity index (χ2v) is 9.28. The molecule has 0 aliphatic carbocycles. The van der Waals surface area contributed by atoms with Crippen molar-refractivity contribution in [1.29, 1.82) is 0 Å². The molecule has 3 rings (SSSR count). The second-order valence-electron chi connectivity index (χ2n) is 7.34. The minimum Gasteiger partial charge on any atom is -0.495 e. The number of primary amides is 1. The number of nitrogens with zero attached hydrogens (tertiary/aromatic N) is 2. The first-order chi connectivity index (χ1) is 14.8. The number of ether oxygens (including phenoxy) is 1. The van der Waals surface area contributed by atoms with Gasteiger partial charge >= 0.3 is 0 Å². The molecule has 2 N–H and O–H groups in total. The third-order valence-corrected chi connectivity index (χ3v) is 7.13. The highest BCUT2D eigenvalue weighted by molar-refractivity contribution is 7.89. The van der Waals surface area contributed by atoms with Gasteiger partial charge in [0.2, 0.25) is 15.9 Å². The largest absolute Gasteiger partial charge is 0.495 e. The van der Waals surface area contributed by atoms with E-state index in [1.54, 1.807) is 36.4 Å². The van der Waals surface area contributed by atoms with Gasteiger partial charge in [-0.2, -0.15) is 4.31 Å². The third-order valence-electron chi connectivity index (χ3n) is 5.24. The van der Waals surface area contributed by atoms with Crippen molar-refractivity contribution in [3.8, 4) is 5.75 Å². The number of carbonyl (C=O) groups is 2. The quantitative estimate of drug-likeness (QED) is 0.671. The average Bonchev–Trinajstić information content (AvgIpc) is 2.79. The van der Waals surface area contributed by atoms with Crippen molar-refractivity contribution in [3.05, 3.63) is 54.1 Å². The number of benzene rings is 2. The van der Waals surface area contributed by atoms with E-state index in [4.69, 9.17) is 10.5 Å². The molecule has 0 atom stereocenters. The summed E-state index contributed by atoms with van der Waals surface area (Å²) >= 11 is 0. The third kappa shape index (κ3) is 5.23. The minimum absolute atomic E-state index is 0.0393. The van der Waals surface area contributed by atoms with Crippen molar-refractivity contribution in [1.82, 2.24) is 4.31 Å². The van der Waals surface area contributed by atoms with Crippen LogP contribution in [0, 0.1) is 0 Å². The lowest BCUT2D eigenvalue weighted by Crippen LogP contribution is -2.36. The number of sulfonamides is 1. The molecule has 8 nitrogen and oxygen atoms in total. The van der Waals surface area contributed by atoms with Crippen molar-refractivity contribution < 1.29 is 22.7 Å². The van der Waals surface area contributed by atoms with Crippen molar-refractivity contribution in [2.45, 2.75) is 30.6 Å². The molecule has 166 valence electrons. The number of anilines is 1. The molecule has 2 aromatic carbocycles. The van der Waals surface area contributed by atoms with Crippen LogP contribution in [0.25, 0.3) is 0 Å². The number of hydrogen-bond acceptors (Lipinski definition) is 5. The fourth-order valence-electron chi connectivity index (χ4n) is 3.61. The molecule has 1 fully saturated rings. The van der Waals surface area contributed by atoms with Crippen LogP contribution in [-0.2, 0) is 14.8 Å². The van der Waals surface area contributed by atoms with E-state index < -0.39 is 21.8 Å². The van der Waals surface area contributed by atoms with Crippen LogP contribution >= 0.6 is 0 Å². The maximum Gasteiger partial charge on any atom is 0.258 e. The molecular formula is C22H27N3O5S. The second kappa shape index (κ2) is 9.93. The first-order valence-electron chi connectivity index (χ1n) is 10.2. The summed E-state index contributed by atoms with van der Waals surface area (Å²) in [5.74, 6) is -0.534. The lowest BCUT2D eigenvalue weighted by Gasteiger charge is -2.27. The fourth-order valence-corrected chi connectivity index (χ4v) is 5.17. The van der Waals surface area contributed by atoms with Gasteiger partial charge in [-0.25, -0.2) is 8.42 Å². The number of hydrogen-bond donors (Lipinski definition) is 1. The molecule has 0 bridgehead atoms. The lowest BCUT2D eigenvalue weighted by atomic mass is 10.1. The number of nitrogens with two attached hydrogens (primary N) is 1. The summed E-state index contributed by atoms with van der Waals surface area (Å²) in [5.41, 5.74) is 5.97. The highest BCUT2D eigenvalue weighted by atomic mass is 32.2.